The Labute approximate surface area is 140 Å². The first kappa shape index (κ1) is 19.3. The van der Waals surface area contributed by atoms with Gasteiger partial charge >= 0.3 is 5.97 Å². The van der Waals surface area contributed by atoms with Crippen molar-refractivity contribution in [3.63, 3.8) is 0 Å². The van der Waals surface area contributed by atoms with E-state index in [9.17, 15) is 9.90 Å². The standard InChI is InChI=1S/C20H28O3/c1-3-5-6-7-8-9-10-11-16-23-20(22)18-14-12-17(13-15-18)19(21)4-2/h2,12-15,19,21H,3,5-11,16H2,1H3. The summed E-state index contributed by atoms with van der Waals surface area (Å²) in [5, 5.41) is 9.50. The van der Waals surface area contributed by atoms with Gasteiger partial charge in [0.05, 0.1) is 12.2 Å². The summed E-state index contributed by atoms with van der Waals surface area (Å²) in [7, 11) is 0. The Bertz CT molecular complexity index is 485. The number of aliphatic hydroxyl groups is 1. The molecular formula is C20H28O3. The van der Waals surface area contributed by atoms with Gasteiger partial charge in [-0.1, -0.05) is 69.9 Å². The fourth-order valence-corrected chi connectivity index (χ4v) is 2.38. The summed E-state index contributed by atoms with van der Waals surface area (Å²) in [6, 6.07) is 6.56. The van der Waals surface area contributed by atoms with Crippen LogP contribution in [0.5, 0.6) is 0 Å². The fraction of sp³-hybridized carbons (Fsp3) is 0.550. The van der Waals surface area contributed by atoms with Crippen LogP contribution in [0.25, 0.3) is 0 Å². The lowest BCUT2D eigenvalue weighted by molar-refractivity contribution is 0.0497. The van der Waals surface area contributed by atoms with Crippen molar-refractivity contribution in [3.05, 3.63) is 35.4 Å². The van der Waals surface area contributed by atoms with E-state index in [-0.39, 0.29) is 5.97 Å². The zero-order chi connectivity index (χ0) is 16.9. The number of hydrogen-bond donors (Lipinski definition) is 1. The van der Waals surface area contributed by atoms with Gasteiger partial charge in [0.25, 0.3) is 0 Å². The van der Waals surface area contributed by atoms with E-state index in [2.05, 4.69) is 12.8 Å². The average Bonchev–Trinajstić information content (AvgIpc) is 2.59. The predicted molar refractivity (Wildman–Crippen MR) is 93.1 cm³/mol. The van der Waals surface area contributed by atoms with Gasteiger partial charge in [-0.2, -0.15) is 0 Å². The Morgan fingerprint density at radius 3 is 2.22 bits per heavy atom. The van der Waals surface area contributed by atoms with Crippen molar-refractivity contribution in [1.82, 2.24) is 0 Å². The van der Waals surface area contributed by atoms with Gasteiger partial charge in [-0.3, -0.25) is 0 Å². The lowest BCUT2D eigenvalue weighted by Crippen LogP contribution is -2.07. The maximum Gasteiger partial charge on any atom is 0.338 e. The number of rotatable bonds is 11. The largest absolute Gasteiger partial charge is 0.462 e. The Morgan fingerprint density at radius 1 is 1.09 bits per heavy atom. The van der Waals surface area contributed by atoms with E-state index in [0.717, 1.165) is 12.8 Å². The topological polar surface area (TPSA) is 46.5 Å². The number of carbonyl (C=O) groups excluding carboxylic acids is 1. The third-order valence-corrected chi connectivity index (χ3v) is 3.85. The molecule has 23 heavy (non-hydrogen) atoms. The second-order valence-electron chi connectivity index (χ2n) is 5.80. The SMILES string of the molecule is C#CC(O)c1ccc(C(=O)OCCCCCCCCCC)cc1. The van der Waals surface area contributed by atoms with Crippen molar-refractivity contribution in [2.75, 3.05) is 6.61 Å². The number of benzene rings is 1. The number of ether oxygens (including phenoxy) is 1. The van der Waals surface area contributed by atoms with Crippen LogP contribution in [0.1, 0.15) is 80.3 Å². The van der Waals surface area contributed by atoms with Gasteiger partial charge in [0, 0.05) is 0 Å². The van der Waals surface area contributed by atoms with Crippen LogP contribution in [0.2, 0.25) is 0 Å². The quantitative estimate of drug-likeness (QED) is 0.367. The van der Waals surface area contributed by atoms with E-state index in [1.165, 1.54) is 38.5 Å². The van der Waals surface area contributed by atoms with E-state index in [0.29, 0.717) is 17.7 Å². The average molecular weight is 316 g/mol. The normalized spacial score (nSPS) is 11.7. The molecule has 0 aliphatic carbocycles. The van der Waals surface area contributed by atoms with Gasteiger partial charge in [0.1, 0.15) is 6.10 Å². The van der Waals surface area contributed by atoms with Gasteiger partial charge in [-0.25, -0.2) is 4.79 Å². The van der Waals surface area contributed by atoms with Crippen molar-refractivity contribution in [2.24, 2.45) is 0 Å². The van der Waals surface area contributed by atoms with Crippen LogP contribution < -0.4 is 0 Å². The van der Waals surface area contributed by atoms with Crippen molar-refractivity contribution in [3.8, 4) is 12.3 Å². The molecule has 0 bridgehead atoms. The highest BCUT2D eigenvalue weighted by atomic mass is 16.5. The molecule has 0 aliphatic rings. The number of hydrogen-bond acceptors (Lipinski definition) is 3. The minimum absolute atomic E-state index is 0.324. The minimum Gasteiger partial charge on any atom is -0.462 e. The van der Waals surface area contributed by atoms with Crippen LogP contribution in [0.4, 0.5) is 0 Å². The second-order valence-corrected chi connectivity index (χ2v) is 5.80. The summed E-state index contributed by atoms with van der Waals surface area (Å²) in [5.74, 6) is 1.91. The van der Waals surface area contributed by atoms with Gasteiger partial charge in [0.15, 0.2) is 0 Å². The maximum atomic E-state index is 11.9. The zero-order valence-electron chi connectivity index (χ0n) is 14.1. The molecule has 0 aliphatic heterocycles. The molecule has 126 valence electrons. The Balaban J connectivity index is 2.16. The summed E-state index contributed by atoms with van der Waals surface area (Å²) >= 11 is 0. The van der Waals surface area contributed by atoms with Gasteiger partial charge in [-0.15, -0.1) is 6.42 Å². The van der Waals surface area contributed by atoms with Crippen molar-refractivity contribution in [1.29, 1.82) is 0 Å². The maximum absolute atomic E-state index is 11.9. The predicted octanol–water partition coefficient (Wildman–Crippen LogP) is 4.65. The number of aliphatic hydroxyl groups excluding tert-OH is 1. The van der Waals surface area contributed by atoms with Crippen molar-refractivity contribution < 1.29 is 14.6 Å². The van der Waals surface area contributed by atoms with Gasteiger partial charge in [-0.05, 0) is 24.1 Å². The van der Waals surface area contributed by atoms with Crippen LogP contribution in [-0.4, -0.2) is 17.7 Å². The Kier molecular flexibility index (Phi) is 9.83. The lowest BCUT2D eigenvalue weighted by Gasteiger charge is -2.07. The van der Waals surface area contributed by atoms with Gasteiger partial charge < -0.3 is 9.84 Å². The van der Waals surface area contributed by atoms with Crippen molar-refractivity contribution >= 4 is 5.97 Å². The highest BCUT2D eigenvalue weighted by molar-refractivity contribution is 5.89. The van der Waals surface area contributed by atoms with Crippen LogP contribution >= 0.6 is 0 Å². The fourth-order valence-electron chi connectivity index (χ4n) is 2.38. The zero-order valence-corrected chi connectivity index (χ0v) is 14.1. The third-order valence-electron chi connectivity index (χ3n) is 3.85. The summed E-state index contributed by atoms with van der Waals surface area (Å²) < 4.78 is 5.26. The second kappa shape index (κ2) is 11.7. The third kappa shape index (κ3) is 7.85. The minimum atomic E-state index is -0.933. The van der Waals surface area contributed by atoms with E-state index in [4.69, 9.17) is 11.2 Å². The molecule has 0 saturated heterocycles. The molecular weight excluding hydrogens is 288 g/mol. The molecule has 3 nitrogen and oxygen atoms in total. The first-order valence-electron chi connectivity index (χ1n) is 8.60. The molecule has 1 aromatic carbocycles. The summed E-state index contributed by atoms with van der Waals surface area (Å²) in [5.41, 5.74) is 1.09. The molecule has 0 fully saturated rings. The molecule has 1 aromatic rings. The van der Waals surface area contributed by atoms with E-state index in [1.807, 2.05) is 0 Å². The summed E-state index contributed by atoms with van der Waals surface area (Å²) in [6.07, 6.45) is 14.0. The highest BCUT2D eigenvalue weighted by Gasteiger charge is 2.08. The number of unbranched alkanes of at least 4 members (excludes halogenated alkanes) is 7. The number of esters is 1. The van der Waals surface area contributed by atoms with Crippen LogP contribution in [-0.2, 0) is 4.74 Å². The first-order chi connectivity index (χ1) is 11.2. The van der Waals surface area contributed by atoms with E-state index < -0.39 is 6.10 Å². The van der Waals surface area contributed by atoms with E-state index >= 15 is 0 Å². The first-order valence-corrected chi connectivity index (χ1v) is 8.60. The molecule has 0 radical (unpaired) electrons. The molecule has 1 N–H and O–H groups in total. The number of carbonyl (C=O) groups is 1. The number of terminal acetylenes is 1. The van der Waals surface area contributed by atoms with Crippen molar-refractivity contribution in [2.45, 2.75) is 64.4 Å². The monoisotopic (exact) mass is 316 g/mol. The lowest BCUT2D eigenvalue weighted by atomic mass is 10.1. The molecule has 1 rings (SSSR count). The summed E-state index contributed by atoms with van der Waals surface area (Å²) in [6.45, 7) is 2.68. The van der Waals surface area contributed by atoms with Crippen LogP contribution in [0.15, 0.2) is 24.3 Å². The molecule has 0 heterocycles. The molecule has 0 spiro atoms. The molecule has 1 atom stereocenters. The van der Waals surface area contributed by atoms with E-state index in [1.54, 1.807) is 24.3 Å². The molecule has 3 heteroatoms. The molecule has 0 amide bonds. The van der Waals surface area contributed by atoms with Crippen LogP contribution in [0.3, 0.4) is 0 Å². The summed E-state index contributed by atoms with van der Waals surface area (Å²) in [4.78, 5) is 11.9. The molecule has 1 unspecified atom stereocenters. The highest BCUT2D eigenvalue weighted by Crippen LogP contribution is 2.14. The smallest absolute Gasteiger partial charge is 0.338 e. The Morgan fingerprint density at radius 2 is 1.65 bits per heavy atom. The molecule has 0 aromatic heterocycles. The Hall–Kier alpha value is -1.79. The molecule has 0 saturated carbocycles. The van der Waals surface area contributed by atoms with Gasteiger partial charge in [0.2, 0.25) is 0 Å². The van der Waals surface area contributed by atoms with Crippen LogP contribution in [0, 0.1) is 12.3 Å².